The fourth-order valence-electron chi connectivity index (χ4n) is 2.71. The van der Waals surface area contributed by atoms with Gasteiger partial charge in [0.15, 0.2) is 17.5 Å². The summed E-state index contributed by atoms with van der Waals surface area (Å²) < 4.78 is 39.3. The summed E-state index contributed by atoms with van der Waals surface area (Å²) in [5.41, 5.74) is 0.479. The molecule has 0 spiro atoms. The Morgan fingerprint density at radius 1 is 1.25 bits per heavy atom. The van der Waals surface area contributed by atoms with Gasteiger partial charge in [-0.15, -0.1) is 0 Å². The van der Waals surface area contributed by atoms with Gasteiger partial charge in [-0.3, -0.25) is 4.90 Å². The van der Waals surface area contributed by atoms with E-state index < -0.39 is 17.5 Å². The van der Waals surface area contributed by atoms with Gasteiger partial charge in [0.1, 0.15) is 0 Å². The van der Waals surface area contributed by atoms with Crippen molar-refractivity contribution in [2.75, 3.05) is 26.2 Å². The molecule has 5 heteroatoms. The van der Waals surface area contributed by atoms with Gasteiger partial charge >= 0.3 is 0 Å². The van der Waals surface area contributed by atoms with Crippen LogP contribution in [0.2, 0.25) is 0 Å². The smallest absolute Gasteiger partial charge is 0.194 e. The van der Waals surface area contributed by atoms with Gasteiger partial charge in [-0.25, -0.2) is 13.2 Å². The van der Waals surface area contributed by atoms with Crippen LogP contribution in [0.25, 0.3) is 0 Å². The van der Waals surface area contributed by atoms with E-state index in [-0.39, 0.29) is 0 Å². The SMILES string of the molecule is CCN(Cc1cc(F)c(F)c(F)c1)CC1CCCNC1. The molecular formula is C15H21F3N2. The van der Waals surface area contributed by atoms with Crippen molar-refractivity contribution in [1.82, 2.24) is 10.2 Å². The number of hydrogen-bond acceptors (Lipinski definition) is 2. The highest BCUT2D eigenvalue weighted by molar-refractivity contribution is 5.19. The van der Waals surface area contributed by atoms with Gasteiger partial charge in [0.25, 0.3) is 0 Å². The molecule has 2 rings (SSSR count). The number of hydrogen-bond donors (Lipinski definition) is 1. The maximum Gasteiger partial charge on any atom is 0.194 e. The van der Waals surface area contributed by atoms with Crippen LogP contribution in [0.4, 0.5) is 13.2 Å². The van der Waals surface area contributed by atoms with Crippen molar-refractivity contribution >= 4 is 0 Å². The van der Waals surface area contributed by atoms with Crippen LogP contribution >= 0.6 is 0 Å². The molecule has 112 valence electrons. The third-order valence-electron chi connectivity index (χ3n) is 3.81. The van der Waals surface area contributed by atoms with Gasteiger partial charge in [-0.1, -0.05) is 6.92 Å². The second-order valence-corrected chi connectivity index (χ2v) is 5.41. The quantitative estimate of drug-likeness (QED) is 0.837. The molecule has 1 heterocycles. The highest BCUT2D eigenvalue weighted by Gasteiger charge is 2.17. The van der Waals surface area contributed by atoms with Gasteiger partial charge in [0.2, 0.25) is 0 Å². The van der Waals surface area contributed by atoms with E-state index in [1.807, 2.05) is 6.92 Å². The molecule has 1 aliphatic rings. The molecule has 1 aliphatic heterocycles. The van der Waals surface area contributed by atoms with Gasteiger partial charge in [-0.05, 0) is 56.1 Å². The molecule has 1 unspecified atom stereocenters. The molecule has 0 aromatic heterocycles. The summed E-state index contributed by atoms with van der Waals surface area (Å²) >= 11 is 0. The fraction of sp³-hybridized carbons (Fsp3) is 0.600. The molecule has 0 bridgehead atoms. The van der Waals surface area contributed by atoms with Crippen LogP contribution in [-0.4, -0.2) is 31.1 Å². The molecule has 2 nitrogen and oxygen atoms in total. The van der Waals surface area contributed by atoms with Crippen LogP contribution in [0.3, 0.4) is 0 Å². The Balaban J connectivity index is 1.98. The first-order chi connectivity index (χ1) is 9.60. The zero-order chi connectivity index (χ0) is 14.5. The zero-order valence-electron chi connectivity index (χ0n) is 11.8. The number of nitrogens with zero attached hydrogens (tertiary/aromatic N) is 1. The molecule has 1 fully saturated rings. The van der Waals surface area contributed by atoms with E-state index in [1.165, 1.54) is 12.8 Å². The largest absolute Gasteiger partial charge is 0.316 e. The van der Waals surface area contributed by atoms with Crippen molar-refractivity contribution in [1.29, 1.82) is 0 Å². The Bertz CT molecular complexity index is 422. The van der Waals surface area contributed by atoms with E-state index in [0.717, 1.165) is 38.3 Å². The Kier molecular flexibility index (Phi) is 5.43. The van der Waals surface area contributed by atoms with Crippen molar-refractivity contribution in [2.24, 2.45) is 5.92 Å². The number of piperidine rings is 1. The van der Waals surface area contributed by atoms with Gasteiger partial charge < -0.3 is 5.32 Å². The molecule has 1 atom stereocenters. The number of rotatable bonds is 5. The van der Waals surface area contributed by atoms with Crippen LogP contribution in [0, 0.1) is 23.4 Å². The highest BCUT2D eigenvalue weighted by Crippen LogP contribution is 2.17. The summed E-state index contributed by atoms with van der Waals surface area (Å²) in [5, 5.41) is 3.36. The van der Waals surface area contributed by atoms with E-state index in [9.17, 15) is 13.2 Å². The van der Waals surface area contributed by atoms with Gasteiger partial charge in [-0.2, -0.15) is 0 Å². The summed E-state index contributed by atoms with van der Waals surface area (Å²) in [6.45, 7) is 6.22. The lowest BCUT2D eigenvalue weighted by Crippen LogP contribution is -2.38. The van der Waals surface area contributed by atoms with Crippen molar-refractivity contribution < 1.29 is 13.2 Å². The topological polar surface area (TPSA) is 15.3 Å². The van der Waals surface area contributed by atoms with Crippen LogP contribution in [0.5, 0.6) is 0 Å². The van der Waals surface area contributed by atoms with Crippen LogP contribution < -0.4 is 5.32 Å². The van der Waals surface area contributed by atoms with E-state index in [2.05, 4.69) is 10.2 Å². The molecule has 0 saturated carbocycles. The van der Waals surface area contributed by atoms with Crippen LogP contribution in [0.15, 0.2) is 12.1 Å². The van der Waals surface area contributed by atoms with Gasteiger partial charge in [0.05, 0.1) is 0 Å². The molecule has 0 aliphatic carbocycles. The summed E-state index contributed by atoms with van der Waals surface area (Å²) in [7, 11) is 0. The van der Waals surface area contributed by atoms with Crippen LogP contribution in [0.1, 0.15) is 25.3 Å². The molecule has 1 aromatic rings. The average molecular weight is 286 g/mol. The predicted octanol–water partition coefficient (Wildman–Crippen LogP) is 2.93. The second-order valence-electron chi connectivity index (χ2n) is 5.41. The standard InChI is InChI=1S/C15H21F3N2/c1-2-20(9-11-4-3-5-19-8-11)10-12-6-13(16)15(18)14(17)7-12/h6-7,11,19H,2-5,8-10H2,1H3. The number of benzene rings is 1. The fourth-order valence-corrected chi connectivity index (χ4v) is 2.71. The minimum atomic E-state index is -1.40. The van der Waals surface area contributed by atoms with Crippen molar-refractivity contribution in [3.05, 3.63) is 35.1 Å². The van der Waals surface area contributed by atoms with Crippen molar-refractivity contribution in [2.45, 2.75) is 26.3 Å². The lowest BCUT2D eigenvalue weighted by molar-refractivity contribution is 0.209. The van der Waals surface area contributed by atoms with Crippen LogP contribution in [-0.2, 0) is 6.54 Å². The third-order valence-corrected chi connectivity index (χ3v) is 3.81. The van der Waals surface area contributed by atoms with E-state index in [4.69, 9.17) is 0 Å². The average Bonchev–Trinajstić information content (AvgIpc) is 2.45. The first-order valence-corrected chi connectivity index (χ1v) is 7.16. The van der Waals surface area contributed by atoms with E-state index in [0.29, 0.717) is 18.0 Å². The lowest BCUT2D eigenvalue weighted by Gasteiger charge is -2.29. The zero-order valence-corrected chi connectivity index (χ0v) is 11.8. The maximum atomic E-state index is 13.2. The molecule has 0 amide bonds. The summed E-state index contributed by atoms with van der Waals surface area (Å²) in [6.07, 6.45) is 2.34. The molecule has 1 aromatic carbocycles. The highest BCUT2D eigenvalue weighted by atomic mass is 19.2. The Morgan fingerprint density at radius 3 is 2.50 bits per heavy atom. The van der Waals surface area contributed by atoms with Crippen molar-refractivity contribution in [3.63, 3.8) is 0 Å². The minimum Gasteiger partial charge on any atom is -0.316 e. The van der Waals surface area contributed by atoms with E-state index in [1.54, 1.807) is 0 Å². The third kappa shape index (κ3) is 3.96. The predicted molar refractivity (Wildman–Crippen MR) is 72.9 cm³/mol. The molecule has 1 saturated heterocycles. The maximum absolute atomic E-state index is 13.2. The molecule has 0 radical (unpaired) electrons. The summed E-state index contributed by atoms with van der Waals surface area (Å²) in [6, 6.07) is 2.17. The summed E-state index contributed by atoms with van der Waals surface area (Å²) in [4.78, 5) is 2.14. The Hall–Kier alpha value is -1.07. The minimum absolute atomic E-state index is 0.446. The second kappa shape index (κ2) is 7.09. The first-order valence-electron chi connectivity index (χ1n) is 7.16. The summed E-state index contributed by atoms with van der Waals surface area (Å²) in [5.74, 6) is -3.06. The first kappa shape index (κ1) is 15.3. The monoisotopic (exact) mass is 286 g/mol. The molecule has 1 N–H and O–H groups in total. The van der Waals surface area contributed by atoms with Gasteiger partial charge in [0, 0.05) is 13.1 Å². The number of halogens is 3. The Morgan fingerprint density at radius 2 is 1.95 bits per heavy atom. The van der Waals surface area contributed by atoms with E-state index >= 15 is 0 Å². The normalized spacial score (nSPS) is 19.6. The number of nitrogens with one attached hydrogen (secondary N) is 1. The van der Waals surface area contributed by atoms with Crippen molar-refractivity contribution in [3.8, 4) is 0 Å². The lowest BCUT2D eigenvalue weighted by atomic mass is 9.99. The molecular weight excluding hydrogens is 265 g/mol. The Labute approximate surface area is 118 Å². The molecule has 20 heavy (non-hydrogen) atoms.